The van der Waals surface area contributed by atoms with Crippen LogP contribution >= 0.6 is 15.9 Å². The number of benzene rings is 1. The highest BCUT2D eigenvalue weighted by molar-refractivity contribution is 9.10. The molecule has 0 aromatic heterocycles. The fourth-order valence-corrected chi connectivity index (χ4v) is 1.35. The van der Waals surface area contributed by atoms with Crippen LogP contribution in [0.2, 0.25) is 0 Å². The van der Waals surface area contributed by atoms with E-state index in [4.69, 9.17) is 0 Å². The molecule has 0 N–H and O–H groups in total. The molecule has 1 aromatic carbocycles. The number of hydrogen-bond donors (Lipinski definition) is 0. The maximum atomic E-state index is 11.5. The van der Waals surface area contributed by atoms with E-state index in [1.165, 1.54) is 0 Å². The number of carbonyl (C=O) groups is 2. The third kappa shape index (κ3) is 3.83. The van der Waals surface area contributed by atoms with Crippen molar-refractivity contribution in [3.8, 4) is 0 Å². The number of Topliss-reactive ketones (excluding diaryl/α,β-unsaturated/α-hetero) is 1. The second-order valence-electron chi connectivity index (χ2n) is 2.91. The van der Waals surface area contributed by atoms with Crippen LogP contribution in [-0.2, 0) is 9.53 Å². The van der Waals surface area contributed by atoms with Crippen LogP contribution in [0.25, 0.3) is 0 Å². The van der Waals surface area contributed by atoms with Crippen molar-refractivity contribution in [3.63, 3.8) is 0 Å². The molecule has 0 atom stereocenters. The highest BCUT2D eigenvalue weighted by Gasteiger charge is 2.11. The van der Waals surface area contributed by atoms with Gasteiger partial charge in [-0.15, -0.1) is 0 Å². The molecule has 0 amide bonds. The third-order valence-corrected chi connectivity index (χ3v) is 2.31. The molecule has 0 unspecified atom stereocenters. The molecule has 1 aromatic rings. The van der Waals surface area contributed by atoms with Crippen LogP contribution in [0.4, 0.5) is 0 Å². The first-order valence-electron chi connectivity index (χ1n) is 4.58. The van der Waals surface area contributed by atoms with E-state index in [2.05, 4.69) is 20.7 Å². The summed E-state index contributed by atoms with van der Waals surface area (Å²) in [7, 11) is 0. The smallest absolute Gasteiger partial charge is 0.313 e. The van der Waals surface area contributed by atoms with Crippen molar-refractivity contribution >= 4 is 27.7 Å². The van der Waals surface area contributed by atoms with E-state index < -0.39 is 5.97 Å². The Balaban J connectivity index is 2.61. The van der Waals surface area contributed by atoms with Gasteiger partial charge in [-0.3, -0.25) is 9.59 Å². The van der Waals surface area contributed by atoms with Gasteiger partial charge in [0.1, 0.15) is 6.42 Å². The van der Waals surface area contributed by atoms with E-state index in [9.17, 15) is 9.59 Å². The predicted octanol–water partition coefficient (Wildman–Crippen LogP) is 2.59. The summed E-state index contributed by atoms with van der Waals surface area (Å²) in [6, 6.07) is 6.87. The lowest BCUT2D eigenvalue weighted by Gasteiger charge is -2.01. The van der Waals surface area contributed by atoms with Crippen LogP contribution in [0, 0.1) is 0 Å². The van der Waals surface area contributed by atoms with E-state index in [-0.39, 0.29) is 12.2 Å². The molecular weight excluding hydrogens is 260 g/mol. The molecule has 0 aliphatic carbocycles. The molecule has 0 spiro atoms. The van der Waals surface area contributed by atoms with Gasteiger partial charge in [0.2, 0.25) is 0 Å². The van der Waals surface area contributed by atoms with Gasteiger partial charge in [0, 0.05) is 10.0 Å². The SMILES string of the molecule is CCOC(=O)CC(=O)c1ccc(Br)cc1. The quantitative estimate of drug-likeness (QED) is 0.480. The topological polar surface area (TPSA) is 43.4 Å². The Labute approximate surface area is 96.6 Å². The largest absolute Gasteiger partial charge is 0.466 e. The zero-order valence-corrected chi connectivity index (χ0v) is 9.91. The molecule has 4 heteroatoms. The van der Waals surface area contributed by atoms with Gasteiger partial charge in [-0.05, 0) is 19.1 Å². The number of ketones is 1. The van der Waals surface area contributed by atoms with Gasteiger partial charge in [0.05, 0.1) is 6.61 Å². The molecule has 0 saturated heterocycles. The predicted molar refractivity (Wildman–Crippen MR) is 59.7 cm³/mol. The molecule has 1 rings (SSSR count). The standard InChI is InChI=1S/C11H11BrO3/c1-2-15-11(14)7-10(13)8-3-5-9(12)6-4-8/h3-6H,2,7H2,1H3. The number of hydrogen-bond acceptors (Lipinski definition) is 3. The Kier molecular flexibility index (Phi) is 4.49. The van der Waals surface area contributed by atoms with E-state index in [0.717, 1.165) is 4.47 Å². The summed E-state index contributed by atoms with van der Waals surface area (Å²) < 4.78 is 5.59. The molecule has 0 saturated carbocycles. The van der Waals surface area contributed by atoms with E-state index in [0.29, 0.717) is 12.2 Å². The van der Waals surface area contributed by atoms with Crippen molar-refractivity contribution in [2.45, 2.75) is 13.3 Å². The minimum Gasteiger partial charge on any atom is -0.466 e. The molecule has 0 bridgehead atoms. The van der Waals surface area contributed by atoms with Gasteiger partial charge in [0.25, 0.3) is 0 Å². The van der Waals surface area contributed by atoms with Gasteiger partial charge >= 0.3 is 5.97 Å². The summed E-state index contributed by atoms with van der Waals surface area (Å²) in [5.41, 5.74) is 0.520. The fraction of sp³-hybridized carbons (Fsp3) is 0.273. The van der Waals surface area contributed by atoms with Crippen LogP contribution in [0.15, 0.2) is 28.7 Å². The summed E-state index contributed by atoms with van der Waals surface area (Å²) in [4.78, 5) is 22.6. The monoisotopic (exact) mass is 270 g/mol. The van der Waals surface area contributed by atoms with Gasteiger partial charge in [-0.1, -0.05) is 28.1 Å². The lowest BCUT2D eigenvalue weighted by atomic mass is 10.1. The molecule has 0 aliphatic heterocycles. The van der Waals surface area contributed by atoms with Gasteiger partial charge in [-0.25, -0.2) is 0 Å². The minimum absolute atomic E-state index is 0.199. The molecular formula is C11H11BrO3. The Hall–Kier alpha value is -1.16. The first-order valence-corrected chi connectivity index (χ1v) is 5.37. The number of rotatable bonds is 4. The molecule has 0 radical (unpaired) electrons. The summed E-state index contributed by atoms with van der Waals surface area (Å²) in [6.07, 6.45) is -0.199. The number of halogens is 1. The zero-order valence-electron chi connectivity index (χ0n) is 8.33. The second kappa shape index (κ2) is 5.66. The van der Waals surface area contributed by atoms with Crippen LogP contribution in [0.1, 0.15) is 23.7 Å². The summed E-state index contributed by atoms with van der Waals surface area (Å²) in [5.74, 6) is -0.702. The zero-order chi connectivity index (χ0) is 11.3. The molecule has 15 heavy (non-hydrogen) atoms. The Morgan fingerprint density at radius 3 is 2.40 bits per heavy atom. The molecule has 3 nitrogen and oxygen atoms in total. The first-order chi connectivity index (χ1) is 7.13. The van der Waals surface area contributed by atoms with Crippen molar-refractivity contribution in [2.24, 2.45) is 0 Å². The van der Waals surface area contributed by atoms with Crippen LogP contribution in [0.3, 0.4) is 0 Å². The maximum absolute atomic E-state index is 11.5. The average molecular weight is 271 g/mol. The van der Waals surface area contributed by atoms with Gasteiger partial charge < -0.3 is 4.74 Å². The minimum atomic E-state index is -0.481. The molecule has 0 fully saturated rings. The molecule has 0 aliphatic rings. The van der Waals surface area contributed by atoms with Crippen molar-refractivity contribution in [1.82, 2.24) is 0 Å². The summed E-state index contributed by atoms with van der Waals surface area (Å²) in [6.45, 7) is 2.01. The number of ether oxygens (including phenoxy) is 1. The first kappa shape index (κ1) is 11.9. The van der Waals surface area contributed by atoms with Crippen molar-refractivity contribution in [2.75, 3.05) is 6.61 Å². The van der Waals surface area contributed by atoms with Crippen molar-refractivity contribution in [1.29, 1.82) is 0 Å². The van der Waals surface area contributed by atoms with E-state index in [1.807, 2.05) is 0 Å². The van der Waals surface area contributed by atoms with Crippen LogP contribution in [0.5, 0.6) is 0 Å². The average Bonchev–Trinajstić information content (AvgIpc) is 2.18. The highest BCUT2D eigenvalue weighted by atomic mass is 79.9. The Morgan fingerprint density at radius 1 is 1.27 bits per heavy atom. The third-order valence-electron chi connectivity index (χ3n) is 1.78. The maximum Gasteiger partial charge on any atom is 0.313 e. The van der Waals surface area contributed by atoms with Crippen LogP contribution < -0.4 is 0 Å². The Morgan fingerprint density at radius 2 is 1.87 bits per heavy atom. The van der Waals surface area contributed by atoms with Gasteiger partial charge in [0.15, 0.2) is 5.78 Å². The molecule has 0 heterocycles. The van der Waals surface area contributed by atoms with E-state index in [1.54, 1.807) is 31.2 Å². The number of esters is 1. The number of carbonyl (C=O) groups excluding carboxylic acids is 2. The van der Waals surface area contributed by atoms with Crippen molar-refractivity contribution < 1.29 is 14.3 Å². The lowest BCUT2D eigenvalue weighted by Crippen LogP contribution is -2.11. The normalized spacial score (nSPS) is 9.73. The highest BCUT2D eigenvalue weighted by Crippen LogP contribution is 2.12. The second-order valence-corrected chi connectivity index (χ2v) is 3.83. The summed E-state index contributed by atoms with van der Waals surface area (Å²) in [5, 5.41) is 0. The van der Waals surface area contributed by atoms with E-state index >= 15 is 0 Å². The summed E-state index contributed by atoms with van der Waals surface area (Å²) >= 11 is 3.27. The fourth-order valence-electron chi connectivity index (χ4n) is 1.08. The molecule has 80 valence electrons. The van der Waals surface area contributed by atoms with Crippen molar-refractivity contribution in [3.05, 3.63) is 34.3 Å². The van der Waals surface area contributed by atoms with Crippen LogP contribution in [-0.4, -0.2) is 18.4 Å². The lowest BCUT2D eigenvalue weighted by molar-refractivity contribution is -0.141. The Bertz CT molecular complexity index is 357. The van der Waals surface area contributed by atoms with Gasteiger partial charge in [-0.2, -0.15) is 0 Å².